The summed E-state index contributed by atoms with van der Waals surface area (Å²) in [5, 5.41) is 1.08. The van der Waals surface area contributed by atoms with Gasteiger partial charge in [0.05, 0.1) is 23.8 Å². The van der Waals surface area contributed by atoms with Gasteiger partial charge >= 0.3 is 0 Å². The second-order valence-electron chi connectivity index (χ2n) is 7.48. The van der Waals surface area contributed by atoms with Crippen LogP contribution in [0.25, 0.3) is 33.3 Å². The monoisotopic (exact) mass is 451 g/mol. The summed E-state index contributed by atoms with van der Waals surface area (Å²) in [5.74, 6) is -0.393. The molecule has 0 spiro atoms. The summed E-state index contributed by atoms with van der Waals surface area (Å²) in [7, 11) is 0. The minimum Gasteiger partial charge on any atom is -0.383 e. The molecule has 4 heterocycles. The molecule has 0 bridgehead atoms. The number of carbonyl (C=O) groups excluding carboxylic acids is 1. The molecule has 162 valence electrons. The number of ether oxygens (including phenoxy) is 1. The van der Waals surface area contributed by atoms with Gasteiger partial charge in [-0.1, -0.05) is 23.7 Å². The van der Waals surface area contributed by atoms with Gasteiger partial charge in [-0.25, -0.2) is 14.4 Å². The predicted octanol–water partition coefficient (Wildman–Crippen LogP) is 4.14. The van der Waals surface area contributed by atoms with Crippen LogP contribution in [0.4, 0.5) is 10.2 Å². The van der Waals surface area contributed by atoms with Crippen molar-refractivity contribution in [3.63, 3.8) is 0 Å². The van der Waals surface area contributed by atoms with E-state index >= 15 is 0 Å². The maximum atomic E-state index is 13.8. The first kappa shape index (κ1) is 20.4. The molecule has 32 heavy (non-hydrogen) atoms. The van der Waals surface area contributed by atoms with Crippen molar-refractivity contribution < 1.29 is 13.9 Å². The van der Waals surface area contributed by atoms with Gasteiger partial charge in [-0.05, 0) is 23.8 Å². The Bertz CT molecular complexity index is 1330. The highest BCUT2D eigenvalue weighted by Gasteiger charge is 2.23. The van der Waals surface area contributed by atoms with Gasteiger partial charge in [0.1, 0.15) is 17.3 Å². The fraction of sp³-hybridized carbons (Fsp3) is 0.174. The van der Waals surface area contributed by atoms with E-state index in [0.717, 1.165) is 5.56 Å². The Morgan fingerprint density at radius 1 is 1.12 bits per heavy atom. The molecule has 1 aromatic carbocycles. The van der Waals surface area contributed by atoms with E-state index in [-0.39, 0.29) is 17.5 Å². The maximum Gasteiger partial charge on any atom is 0.257 e. The number of amides is 1. The molecule has 7 nitrogen and oxygen atoms in total. The lowest BCUT2D eigenvalue weighted by molar-refractivity contribution is 0.0303. The van der Waals surface area contributed by atoms with E-state index in [0.29, 0.717) is 64.6 Å². The van der Waals surface area contributed by atoms with E-state index in [1.54, 1.807) is 41.7 Å². The van der Waals surface area contributed by atoms with Crippen LogP contribution in [0.2, 0.25) is 5.02 Å². The van der Waals surface area contributed by atoms with Crippen LogP contribution in [0, 0.1) is 5.82 Å². The van der Waals surface area contributed by atoms with Crippen LogP contribution >= 0.6 is 11.6 Å². The normalized spacial score (nSPS) is 14.1. The number of benzene rings is 1. The minimum absolute atomic E-state index is 0.150. The van der Waals surface area contributed by atoms with Crippen LogP contribution < -0.4 is 5.73 Å². The molecular formula is C23H19ClFN5O2. The zero-order chi connectivity index (χ0) is 22.2. The second-order valence-corrected chi connectivity index (χ2v) is 7.86. The van der Waals surface area contributed by atoms with Crippen LogP contribution in [-0.4, -0.2) is 52.1 Å². The first-order valence-electron chi connectivity index (χ1n) is 10.1. The number of nitrogens with zero attached hydrogens (tertiary/aromatic N) is 3. The van der Waals surface area contributed by atoms with Crippen molar-refractivity contribution in [1.82, 2.24) is 19.9 Å². The molecule has 5 rings (SSSR count). The van der Waals surface area contributed by atoms with E-state index in [1.807, 2.05) is 0 Å². The third-order valence-corrected chi connectivity index (χ3v) is 5.92. The lowest BCUT2D eigenvalue weighted by Crippen LogP contribution is -2.41. The summed E-state index contributed by atoms with van der Waals surface area (Å²) in [6, 6.07) is 7.95. The molecule has 3 aromatic heterocycles. The van der Waals surface area contributed by atoms with Gasteiger partial charge in [0.25, 0.3) is 5.91 Å². The molecule has 0 saturated carbocycles. The summed E-state index contributed by atoms with van der Waals surface area (Å²) in [6.45, 7) is 1.97. The number of morpholine rings is 1. The first-order chi connectivity index (χ1) is 15.5. The molecule has 0 radical (unpaired) electrons. The Labute approximate surface area is 188 Å². The van der Waals surface area contributed by atoms with Crippen molar-refractivity contribution in [1.29, 1.82) is 0 Å². The van der Waals surface area contributed by atoms with Crippen LogP contribution in [-0.2, 0) is 4.74 Å². The van der Waals surface area contributed by atoms with Crippen molar-refractivity contribution in [2.75, 3.05) is 32.0 Å². The van der Waals surface area contributed by atoms with Crippen LogP contribution in [0.15, 0.2) is 48.9 Å². The molecular weight excluding hydrogens is 433 g/mol. The number of pyridine rings is 2. The van der Waals surface area contributed by atoms with E-state index < -0.39 is 0 Å². The smallest absolute Gasteiger partial charge is 0.257 e. The highest BCUT2D eigenvalue weighted by molar-refractivity contribution is 6.39. The highest BCUT2D eigenvalue weighted by atomic mass is 35.5. The van der Waals surface area contributed by atoms with E-state index in [1.165, 1.54) is 12.1 Å². The van der Waals surface area contributed by atoms with Gasteiger partial charge in [0.15, 0.2) is 0 Å². The summed E-state index contributed by atoms with van der Waals surface area (Å²) in [6.07, 6.45) is 4.93. The molecule has 1 saturated heterocycles. The van der Waals surface area contributed by atoms with Gasteiger partial charge in [-0.2, -0.15) is 0 Å². The summed E-state index contributed by atoms with van der Waals surface area (Å²) >= 11 is 6.81. The number of rotatable bonds is 3. The number of aromatic nitrogens is 3. The SMILES string of the molecule is Nc1ncc(-c2cnc3[nH]cc(-c4cccc(F)c4)c3c2Cl)cc1C(=O)N1CCOCC1. The zero-order valence-corrected chi connectivity index (χ0v) is 17.7. The molecule has 1 amide bonds. The molecule has 3 N–H and O–H groups in total. The second kappa shape index (κ2) is 8.22. The zero-order valence-electron chi connectivity index (χ0n) is 16.9. The molecule has 9 heteroatoms. The average molecular weight is 452 g/mol. The molecule has 1 fully saturated rings. The van der Waals surface area contributed by atoms with E-state index in [4.69, 9.17) is 22.1 Å². The Hall–Kier alpha value is -3.49. The van der Waals surface area contributed by atoms with E-state index in [9.17, 15) is 9.18 Å². The Morgan fingerprint density at radius 2 is 1.94 bits per heavy atom. The number of nitrogen functional groups attached to an aromatic ring is 1. The predicted molar refractivity (Wildman–Crippen MR) is 121 cm³/mol. The number of aromatic amines is 1. The lowest BCUT2D eigenvalue weighted by Gasteiger charge is -2.27. The highest BCUT2D eigenvalue weighted by Crippen LogP contribution is 2.39. The Balaban J connectivity index is 1.60. The largest absolute Gasteiger partial charge is 0.383 e. The van der Waals surface area contributed by atoms with Gasteiger partial charge in [0, 0.05) is 53.8 Å². The molecule has 1 aliphatic rings. The number of H-pyrrole nitrogens is 1. The fourth-order valence-electron chi connectivity index (χ4n) is 3.87. The van der Waals surface area contributed by atoms with Crippen molar-refractivity contribution in [3.8, 4) is 22.3 Å². The van der Waals surface area contributed by atoms with Crippen molar-refractivity contribution >= 4 is 34.4 Å². The summed E-state index contributed by atoms with van der Waals surface area (Å²) in [5.41, 5.74) is 9.52. The quantitative estimate of drug-likeness (QED) is 0.488. The summed E-state index contributed by atoms with van der Waals surface area (Å²) in [4.78, 5) is 26.5. The number of fused-ring (bicyclic) bond motifs is 1. The number of halogens is 2. The Morgan fingerprint density at radius 3 is 2.72 bits per heavy atom. The van der Waals surface area contributed by atoms with Gasteiger partial charge in [-0.3, -0.25) is 4.79 Å². The molecule has 0 atom stereocenters. The number of anilines is 1. The van der Waals surface area contributed by atoms with Gasteiger partial charge < -0.3 is 20.4 Å². The standard InChI is InChI=1S/C23H19ClFN5O2/c24-20-18(12-29-22-19(20)17(11-28-22)13-2-1-3-15(25)8-13)14-9-16(21(26)27-10-14)23(31)30-4-6-32-7-5-30/h1-3,8-12H,4-7H2,(H2,26,27)(H,28,29). The van der Waals surface area contributed by atoms with Crippen molar-refractivity contribution in [2.24, 2.45) is 0 Å². The Kier molecular flexibility index (Phi) is 5.24. The minimum atomic E-state index is -0.342. The average Bonchev–Trinajstić information content (AvgIpc) is 3.25. The molecule has 0 aliphatic carbocycles. The third-order valence-electron chi connectivity index (χ3n) is 5.53. The van der Waals surface area contributed by atoms with Crippen molar-refractivity contribution in [3.05, 3.63) is 65.3 Å². The van der Waals surface area contributed by atoms with Gasteiger partial charge in [-0.15, -0.1) is 0 Å². The maximum absolute atomic E-state index is 13.8. The number of nitrogens with one attached hydrogen (secondary N) is 1. The molecule has 4 aromatic rings. The molecule has 0 unspecified atom stereocenters. The number of hydrogen-bond acceptors (Lipinski definition) is 5. The van der Waals surface area contributed by atoms with E-state index in [2.05, 4.69) is 15.0 Å². The number of nitrogens with two attached hydrogens (primary N) is 1. The first-order valence-corrected chi connectivity index (χ1v) is 10.4. The summed E-state index contributed by atoms with van der Waals surface area (Å²) < 4.78 is 19.1. The van der Waals surface area contributed by atoms with Crippen molar-refractivity contribution in [2.45, 2.75) is 0 Å². The topological polar surface area (TPSA) is 97.1 Å². The third kappa shape index (κ3) is 3.57. The number of carbonyl (C=O) groups is 1. The van der Waals surface area contributed by atoms with Crippen LogP contribution in [0.3, 0.4) is 0 Å². The number of hydrogen-bond donors (Lipinski definition) is 2. The van der Waals surface area contributed by atoms with Crippen LogP contribution in [0.1, 0.15) is 10.4 Å². The molecule has 1 aliphatic heterocycles. The lowest BCUT2D eigenvalue weighted by atomic mass is 10.0. The fourth-order valence-corrected chi connectivity index (χ4v) is 4.22. The van der Waals surface area contributed by atoms with Crippen LogP contribution in [0.5, 0.6) is 0 Å². The van der Waals surface area contributed by atoms with Gasteiger partial charge in [0.2, 0.25) is 0 Å².